The molecular formula is C20H25ClFN5O. The van der Waals surface area contributed by atoms with Gasteiger partial charge >= 0.3 is 6.03 Å². The Balaban J connectivity index is 1.67. The molecule has 1 aliphatic rings. The van der Waals surface area contributed by atoms with Gasteiger partial charge in [-0.1, -0.05) is 25.4 Å². The van der Waals surface area contributed by atoms with E-state index in [1.165, 1.54) is 18.2 Å². The van der Waals surface area contributed by atoms with E-state index in [0.29, 0.717) is 37.8 Å². The van der Waals surface area contributed by atoms with Crippen LogP contribution in [0.4, 0.5) is 20.7 Å². The summed E-state index contributed by atoms with van der Waals surface area (Å²) < 4.78 is 13.3. The topological polar surface area (TPSA) is 61.4 Å². The molecule has 0 spiro atoms. The summed E-state index contributed by atoms with van der Waals surface area (Å²) in [6.45, 7) is 10.7. The minimum atomic E-state index is -0.510. The summed E-state index contributed by atoms with van der Waals surface area (Å²) in [5, 5.41) is 2.76. The van der Waals surface area contributed by atoms with Gasteiger partial charge < -0.3 is 15.1 Å². The van der Waals surface area contributed by atoms with Crippen LogP contribution in [0.5, 0.6) is 0 Å². The summed E-state index contributed by atoms with van der Waals surface area (Å²) in [7, 11) is 0. The molecule has 1 fully saturated rings. The molecule has 1 N–H and O–H groups in total. The van der Waals surface area contributed by atoms with E-state index >= 15 is 0 Å². The standard InChI is InChI=1S/C20H25ClFN5O/c1-12(2)18-13(3)23-14(4)24-19(18)26-7-9-27(10-8-26)20(28)25-15-5-6-17(22)16(21)11-15/h5-6,11-12H,7-10H2,1-4H3,(H,25,28). The highest BCUT2D eigenvalue weighted by molar-refractivity contribution is 6.31. The molecule has 6 nitrogen and oxygen atoms in total. The normalized spacial score (nSPS) is 14.5. The number of carbonyl (C=O) groups is 1. The number of hydrogen-bond acceptors (Lipinski definition) is 4. The van der Waals surface area contributed by atoms with Crippen molar-refractivity contribution in [3.8, 4) is 0 Å². The number of halogens is 2. The second kappa shape index (κ2) is 8.31. The second-order valence-corrected chi connectivity index (χ2v) is 7.69. The Morgan fingerprint density at radius 3 is 2.46 bits per heavy atom. The molecule has 3 rings (SSSR count). The van der Waals surface area contributed by atoms with Gasteiger partial charge in [-0.3, -0.25) is 0 Å². The van der Waals surface area contributed by atoms with E-state index in [-0.39, 0.29) is 11.1 Å². The van der Waals surface area contributed by atoms with E-state index in [1.54, 1.807) is 4.90 Å². The molecule has 0 unspecified atom stereocenters. The number of aryl methyl sites for hydroxylation is 2. The Labute approximate surface area is 169 Å². The van der Waals surface area contributed by atoms with Crippen LogP contribution in [-0.2, 0) is 0 Å². The third-order valence-electron chi connectivity index (χ3n) is 4.84. The smallest absolute Gasteiger partial charge is 0.321 e. The number of nitrogens with zero attached hydrogens (tertiary/aromatic N) is 4. The number of carbonyl (C=O) groups excluding carboxylic acids is 1. The number of anilines is 2. The zero-order chi connectivity index (χ0) is 20.4. The van der Waals surface area contributed by atoms with Crippen molar-refractivity contribution in [3.63, 3.8) is 0 Å². The molecule has 28 heavy (non-hydrogen) atoms. The van der Waals surface area contributed by atoms with Crippen LogP contribution in [0.15, 0.2) is 18.2 Å². The molecule has 2 amide bonds. The van der Waals surface area contributed by atoms with E-state index in [0.717, 1.165) is 22.9 Å². The summed E-state index contributed by atoms with van der Waals surface area (Å²) in [6.07, 6.45) is 0. The first-order chi connectivity index (χ1) is 13.3. The lowest BCUT2D eigenvalue weighted by molar-refractivity contribution is 0.208. The fraction of sp³-hybridized carbons (Fsp3) is 0.450. The van der Waals surface area contributed by atoms with Gasteiger partial charge in [-0.2, -0.15) is 0 Å². The molecule has 0 atom stereocenters. The Bertz CT molecular complexity index is 881. The molecular weight excluding hydrogens is 381 g/mol. The molecule has 0 radical (unpaired) electrons. The fourth-order valence-electron chi connectivity index (χ4n) is 3.52. The second-order valence-electron chi connectivity index (χ2n) is 7.28. The zero-order valence-electron chi connectivity index (χ0n) is 16.6. The van der Waals surface area contributed by atoms with Gasteiger partial charge in [0, 0.05) is 43.1 Å². The monoisotopic (exact) mass is 405 g/mol. The predicted octanol–water partition coefficient (Wildman–Crippen LogP) is 4.36. The number of benzene rings is 1. The lowest BCUT2D eigenvalue weighted by atomic mass is 10.0. The molecule has 0 bridgehead atoms. The van der Waals surface area contributed by atoms with E-state index in [1.807, 2.05) is 13.8 Å². The third kappa shape index (κ3) is 4.35. The van der Waals surface area contributed by atoms with E-state index in [9.17, 15) is 9.18 Å². The first kappa shape index (κ1) is 20.3. The minimum absolute atomic E-state index is 0.0154. The van der Waals surface area contributed by atoms with Crippen LogP contribution >= 0.6 is 11.6 Å². The molecule has 0 saturated carbocycles. The highest BCUT2D eigenvalue weighted by Crippen LogP contribution is 2.29. The van der Waals surface area contributed by atoms with Crippen LogP contribution in [0.1, 0.15) is 36.8 Å². The van der Waals surface area contributed by atoms with Gasteiger partial charge in [0.05, 0.1) is 5.02 Å². The first-order valence-corrected chi connectivity index (χ1v) is 9.75. The molecule has 0 aliphatic carbocycles. The van der Waals surface area contributed by atoms with E-state index in [4.69, 9.17) is 11.6 Å². The van der Waals surface area contributed by atoms with Crippen LogP contribution in [0.2, 0.25) is 5.02 Å². The van der Waals surface area contributed by atoms with Crippen LogP contribution in [0.25, 0.3) is 0 Å². The molecule has 2 aromatic rings. The fourth-order valence-corrected chi connectivity index (χ4v) is 3.70. The minimum Gasteiger partial charge on any atom is -0.353 e. The molecule has 150 valence electrons. The van der Waals surface area contributed by atoms with Crippen molar-refractivity contribution in [2.45, 2.75) is 33.6 Å². The van der Waals surface area contributed by atoms with Gasteiger partial charge in [-0.25, -0.2) is 19.2 Å². The Morgan fingerprint density at radius 2 is 1.86 bits per heavy atom. The third-order valence-corrected chi connectivity index (χ3v) is 5.13. The van der Waals surface area contributed by atoms with Crippen LogP contribution in [0.3, 0.4) is 0 Å². The van der Waals surface area contributed by atoms with Gasteiger partial charge in [0.25, 0.3) is 0 Å². The van der Waals surface area contributed by atoms with Gasteiger partial charge in [-0.15, -0.1) is 0 Å². The quantitative estimate of drug-likeness (QED) is 0.823. The van der Waals surface area contributed by atoms with Crippen molar-refractivity contribution in [2.75, 3.05) is 36.4 Å². The summed E-state index contributed by atoms with van der Waals surface area (Å²) in [5.41, 5.74) is 2.64. The van der Waals surface area contributed by atoms with Crippen molar-refractivity contribution < 1.29 is 9.18 Å². The number of piperazine rings is 1. The lowest BCUT2D eigenvalue weighted by Gasteiger charge is -2.36. The molecule has 2 heterocycles. The Hall–Kier alpha value is -2.41. The summed E-state index contributed by atoms with van der Waals surface area (Å²) >= 11 is 5.78. The maximum Gasteiger partial charge on any atom is 0.321 e. The summed E-state index contributed by atoms with van der Waals surface area (Å²) in [5.74, 6) is 1.53. The van der Waals surface area contributed by atoms with Crippen molar-refractivity contribution in [2.24, 2.45) is 0 Å². The van der Waals surface area contributed by atoms with E-state index < -0.39 is 5.82 Å². The highest BCUT2D eigenvalue weighted by Gasteiger charge is 2.25. The molecule has 1 saturated heterocycles. The number of nitrogens with one attached hydrogen (secondary N) is 1. The number of amides is 2. The van der Waals surface area contributed by atoms with Gasteiger partial charge in [-0.05, 0) is 38.0 Å². The van der Waals surface area contributed by atoms with Crippen LogP contribution in [-0.4, -0.2) is 47.1 Å². The van der Waals surface area contributed by atoms with Crippen molar-refractivity contribution in [1.29, 1.82) is 0 Å². The number of hydrogen-bond donors (Lipinski definition) is 1. The highest BCUT2D eigenvalue weighted by atomic mass is 35.5. The van der Waals surface area contributed by atoms with Gasteiger partial charge in [0.1, 0.15) is 17.5 Å². The molecule has 1 aromatic carbocycles. The molecule has 8 heteroatoms. The average molecular weight is 406 g/mol. The molecule has 1 aromatic heterocycles. The van der Waals surface area contributed by atoms with Crippen molar-refractivity contribution in [1.82, 2.24) is 14.9 Å². The van der Waals surface area contributed by atoms with Crippen LogP contribution < -0.4 is 10.2 Å². The number of aromatic nitrogens is 2. The van der Waals surface area contributed by atoms with Crippen molar-refractivity contribution in [3.05, 3.63) is 46.1 Å². The summed E-state index contributed by atoms with van der Waals surface area (Å²) in [4.78, 5) is 25.7. The predicted molar refractivity (Wildman–Crippen MR) is 110 cm³/mol. The summed E-state index contributed by atoms with van der Waals surface area (Å²) in [6, 6.07) is 3.92. The molecule has 1 aliphatic heterocycles. The van der Waals surface area contributed by atoms with Crippen LogP contribution in [0, 0.1) is 19.7 Å². The zero-order valence-corrected chi connectivity index (χ0v) is 17.3. The van der Waals surface area contributed by atoms with E-state index in [2.05, 4.69) is 34.0 Å². The number of rotatable bonds is 3. The lowest BCUT2D eigenvalue weighted by Crippen LogP contribution is -2.50. The Morgan fingerprint density at radius 1 is 1.18 bits per heavy atom. The average Bonchev–Trinajstić information content (AvgIpc) is 2.64. The van der Waals surface area contributed by atoms with Gasteiger partial charge in [0.2, 0.25) is 0 Å². The first-order valence-electron chi connectivity index (χ1n) is 9.37. The number of urea groups is 1. The maximum absolute atomic E-state index is 13.3. The van der Waals surface area contributed by atoms with Gasteiger partial charge in [0.15, 0.2) is 0 Å². The SMILES string of the molecule is Cc1nc(C)c(C(C)C)c(N2CCN(C(=O)Nc3ccc(F)c(Cl)c3)CC2)n1. The van der Waals surface area contributed by atoms with Crippen molar-refractivity contribution >= 4 is 29.1 Å². The Kier molecular flexibility index (Phi) is 6.03. The maximum atomic E-state index is 13.3. The largest absolute Gasteiger partial charge is 0.353 e.